The summed E-state index contributed by atoms with van der Waals surface area (Å²) in [6, 6.07) is 5.92. The molecule has 0 bridgehead atoms. The Bertz CT molecular complexity index is 1090. The van der Waals surface area contributed by atoms with Gasteiger partial charge in [-0.3, -0.25) is 14.3 Å². The highest BCUT2D eigenvalue weighted by molar-refractivity contribution is 5.95. The van der Waals surface area contributed by atoms with Crippen molar-refractivity contribution < 1.29 is 41.8 Å². The molecule has 2 rings (SSSR count). The van der Waals surface area contributed by atoms with Crippen LogP contribution in [0, 0.1) is 11.8 Å². The zero-order chi connectivity index (χ0) is 27.9. The second kappa shape index (κ2) is 12.6. The second-order valence-electron chi connectivity index (χ2n) is 9.29. The Balaban J connectivity index is 2.37. The van der Waals surface area contributed by atoms with Crippen LogP contribution in [0.5, 0.6) is 11.5 Å². The van der Waals surface area contributed by atoms with Gasteiger partial charge in [-0.15, -0.1) is 0 Å². The maximum atomic E-state index is 13.1. The fourth-order valence-electron chi connectivity index (χ4n) is 3.74. The van der Waals surface area contributed by atoms with E-state index < -0.39 is 36.5 Å². The van der Waals surface area contributed by atoms with Gasteiger partial charge < -0.3 is 19.5 Å². The molecule has 9 nitrogen and oxygen atoms in total. The van der Waals surface area contributed by atoms with Crippen LogP contribution in [0.15, 0.2) is 24.3 Å². The normalized spacial score (nSPS) is 12.4. The molecule has 0 radical (unpaired) electrons. The molecule has 0 aliphatic carbocycles. The summed E-state index contributed by atoms with van der Waals surface area (Å²) in [4.78, 5) is 36.1. The monoisotopic (exact) mass is 527 g/mol. The van der Waals surface area contributed by atoms with E-state index in [4.69, 9.17) is 9.47 Å². The summed E-state index contributed by atoms with van der Waals surface area (Å²) >= 11 is 0. The second-order valence-corrected chi connectivity index (χ2v) is 9.29. The van der Waals surface area contributed by atoms with Gasteiger partial charge in [-0.1, -0.05) is 33.8 Å². The third-order valence-electron chi connectivity index (χ3n) is 5.18. The van der Waals surface area contributed by atoms with Crippen LogP contribution in [0.4, 0.5) is 13.2 Å². The average molecular weight is 528 g/mol. The van der Waals surface area contributed by atoms with Crippen LogP contribution < -0.4 is 14.8 Å². The molecule has 1 atom stereocenters. The molecule has 0 spiro atoms. The van der Waals surface area contributed by atoms with Gasteiger partial charge in [0.05, 0.1) is 31.9 Å². The minimum atomic E-state index is -5.30. The van der Waals surface area contributed by atoms with Gasteiger partial charge in [0.25, 0.3) is 5.91 Å². The number of nitrogens with one attached hydrogen (secondary N) is 1. The predicted molar refractivity (Wildman–Crippen MR) is 128 cm³/mol. The number of carbonyl (C=O) groups is 3. The molecule has 0 saturated carbocycles. The summed E-state index contributed by atoms with van der Waals surface area (Å²) in [5, 5.41) is 7.08. The number of methoxy groups -OCH3 is 2. The lowest BCUT2D eigenvalue weighted by Gasteiger charge is -2.19. The van der Waals surface area contributed by atoms with E-state index >= 15 is 0 Å². The van der Waals surface area contributed by atoms with E-state index in [2.05, 4.69) is 15.2 Å². The Labute approximate surface area is 213 Å². The first kappa shape index (κ1) is 29.7. The van der Waals surface area contributed by atoms with Crippen molar-refractivity contribution in [2.45, 2.75) is 59.3 Å². The molecule has 2 aromatic rings. The molecule has 1 aromatic carbocycles. The molecule has 1 amide bonds. The van der Waals surface area contributed by atoms with E-state index in [1.54, 1.807) is 28.9 Å². The minimum absolute atomic E-state index is 0.0247. The minimum Gasteiger partial charge on any atom is -0.496 e. The van der Waals surface area contributed by atoms with E-state index in [0.29, 0.717) is 29.3 Å². The molecule has 204 valence electrons. The van der Waals surface area contributed by atoms with Crippen molar-refractivity contribution in [3.63, 3.8) is 0 Å². The van der Waals surface area contributed by atoms with Gasteiger partial charge in [0.15, 0.2) is 5.69 Å². The zero-order valence-electron chi connectivity index (χ0n) is 21.6. The van der Waals surface area contributed by atoms with Crippen LogP contribution >= 0.6 is 0 Å². The lowest BCUT2D eigenvalue weighted by atomic mass is 10.0. The first-order chi connectivity index (χ1) is 17.3. The summed E-state index contributed by atoms with van der Waals surface area (Å²) in [7, 11) is 3.02. The van der Waals surface area contributed by atoms with Crippen molar-refractivity contribution in [3.05, 3.63) is 30.0 Å². The van der Waals surface area contributed by atoms with Crippen molar-refractivity contribution in [1.82, 2.24) is 15.1 Å². The van der Waals surface area contributed by atoms with Crippen molar-refractivity contribution in [2.75, 3.05) is 14.2 Å². The SMILES string of the molecule is COc1cccc(OC)c1-c1cc(C(=O)N[C@H](CC(=O)OC(=O)C(F)(F)F)CC(C)C)nn1CC(C)C. The molecule has 1 aromatic heterocycles. The van der Waals surface area contributed by atoms with Crippen molar-refractivity contribution in [2.24, 2.45) is 11.8 Å². The smallest absolute Gasteiger partial charge is 0.491 e. The lowest BCUT2D eigenvalue weighted by molar-refractivity contribution is -0.202. The van der Waals surface area contributed by atoms with Crippen LogP contribution in [0.1, 0.15) is 51.0 Å². The highest BCUT2D eigenvalue weighted by atomic mass is 19.4. The summed E-state index contributed by atoms with van der Waals surface area (Å²) in [5.74, 6) is -3.48. The van der Waals surface area contributed by atoms with E-state index in [-0.39, 0.29) is 24.0 Å². The summed E-state index contributed by atoms with van der Waals surface area (Å²) in [6.07, 6.45) is -5.67. The summed E-state index contributed by atoms with van der Waals surface area (Å²) in [5.41, 5.74) is 1.17. The number of rotatable bonds is 11. The van der Waals surface area contributed by atoms with Gasteiger partial charge in [0, 0.05) is 12.6 Å². The fraction of sp³-hybridized carbons (Fsp3) is 0.520. The lowest BCUT2D eigenvalue weighted by Crippen LogP contribution is -2.39. The van der Waals surface area contributed by atoms with E-state index in [1.807, 2.05) is 27.7 Å². The van der Waals surface area contributed by atoms with Gasteiger partial charge in [0.1, 0.15) is 11.5 Å². The van der Waals surface area contributed by atoms with Crippen LogP contribution in [-0.4, -0.2) is 54.1 Å². The number of alkyl halides is 3. The van der Waals surface area contributed by atoms with Gasteiger partial charge in [-0.2, -0.15) is 18.3 Å². The number of carbonyl (C=O) groups excluding carboxylic acids is 3. The number of ether oxygens (including phenoxy) is 3. The molecule has 1 heterocycles. The first-order valence-electron chi connectivity index (χ1n) is 11.7. The predicted octanol–water partition coefficient (Wildman–Crippen LogP) is 4.39. The van der Waals surface area contributed by atoms with Crippen molar-refractivity contribution >= 4 is 17.8 Å². The third-order valence-corrected chi connectivity index (χ3v) is 5.18. The standard InChI is InChI=1S/C25H32F3N3O6/c1-14(2)10-16(11-21(32)37-24(34)25(26,27)28)29-23(33)17-12-18(31(30-17)13-15(3)4)22-19(35-5)8-7-9-20(22)36-6/h7-9,12,14-16H,10-11,13H2,1-6H3,(H,29,33)/t16-/m0/s1. The zero-order valence-corrected chi connectivity index (χ0v) is 21.6. The number of amides is 1. The topological polar surface area (TPSA) is 109 Å². The average Bonchev–Trinajstić information content (AvgIpc) is 3.19. The largest absolute Gasteiger partial charge is 0.496 e. The van der Waals surface area contributed by atoms with Crippen LogP contribution in [0.3, 0.4) is 0 Å². The fourth-order valence-corrected chi connectivity index (χ4v) is 3.74. The number of benzene rings is 1. The van der Waals surface area contributed by atoms with Gasteiger partial charge in [-0.25, -0.2) is 4.79 Å². The number of halogens is 3. The number of hydrogen-bond donors (Lipinski definition) is 1. The van der Waals surface area contributed by atoms with Crippen LogP contribution in [-0.2, 0) is 20.9 Å². The summed E-state index contributed by atoms with van der Waals surface area (Å²) < 4.78 is 53.9. The van der Waals surface area contributed by atoms with Gasteiger partial charge in [0.2, 0.25) is 0 Å². The maximum absolute atomic E-state index is 13.1. The van der Waals surface area contributed by atoms with Gasteiger partial charge in [-0.05, 0) is 36.5 Å². The summed E-state index contributed by atoms with van der Waals surface area (Å²) in [6.45, 7) is 8.06. The maximum Gasteiger partial charge on any atom is 0.491 e. The highest BCUT2D eigenvalue weighted by Crippen LogP contribution is 2.38. The van der Waals surface area contributed by atoms with Crippen molar-refractivity contribution in [3.8, 4) is 22.8 Å². The molecule has 37 heavy (non-hydrogen) atoms. The van der Waals surface area contributed by atoms with E-state index in [0.717, 1.165) is 0 Å². The Kier molecular flexibility index (Phi) is 10.1. The number of esters is 2. The van der Waals surface area contributed by atoms with Crippen molar-refractivity contribution in [1.29, 1.82) is 0 Å². The Morgan fingerprint density at radius 1 is 1.03 bits per heavy atom. The molecule has 12 heteroatoms. The molecule has 0 aliphatic heterocycles. The van der Waals surface area contributed by atoms with Crippen LogP contribution in [0.2, 0.25) is 0 Å². The molecule has 0 unspecified atom stereocenters. The molecule has 0 fully saturated rings. The Hall–Kier alpha value is -3.57. The third kappa shape index (κ3) is 8.22. The Morgan fingerprint density at radius 2 is 1.62 bits per heavy atom. The Morgan fingerprint density at radius 3 is 2.11 bits per heavy atom. The van der Waals surface area contributed by atoms with Crippen LogP contribution in [0.25, 0.3) is 11.3 Å². The van der Waals surface area contributed by atoms with E-state index in [1.165, 1.54) is 14.2 Å². The molecule has 0 aliphatic rings. The molecular formula is C25H32F3N3O6. The number of nitrogens with zero attached hydrogens (tertiary/aromatic N) is 2. The molecule has 1 N–H and O–H groups in total. The van der Waals surface area contributed by atoms with Gasteiger partial charge >= 0.3 is 18.1 Å². The quantitative estimate of drug-likeness (QED) is 0.341. The highest BCUT2D eigenvalue weighted by Gasteiger charge is 2.42. The molecular weight excluding hydrogens is 495 g/mol. The number of hydrogen-bond acceptors (Lipinski definition) is 7. The first-order valence-corrected chi connectivity index (χ1v) is 11.7. The number of aromatic nitrogens is 2. The molecule has 0 saturated heterocycles. The van der Waals surface area contributed by atoms with E-state index in [9.17, 15) is 27.6 Å².